The van der Waals surface area contributed by atoms with Gasteiger partial charge in [-0.25, -0.2) is 0 Å². The van der Waals surface area contributed by atoms with Gasteiger partial charge in [-0.2, -0.15) is 0 Å². The summed E-state index contributed by atoms with van der Waals surface area (Å²) in [6.07, 6.45) is 0. The van der Waals surface area contributed by atoms with Crippen LogP contribution in [0.5, 0.6) is 0 Å². The van der Waals surface area contributed by atoms with Crippen LogP contribution in [-0.4, -0.2) is 37.2 Å². The summed E-state index contributed by atoms with van der Waals surface area (Å²) in [5.41, 5.74) is 0. The Morgan fingerprint density at radius 3 is 1.25 bits per heavy atom. The molecule has 0 saturated heterocycles. The van der Waals surface area contributed by atoms with Crippen LogP contribution in [0.3, 0.4) is 0 Å². The Labute approximate surface area is 47.2 Å². The molecule has 0 fully saturated rings. The first kappa shape index (κ1) is 5.27. The first-order valence-corrected chi connectivity index (χ1v) is 4.74. The van der Waals surface area contributed by atoms with Gasteiger partial charge in [0, 0.05) is 0 Å². The van der Waals surface area contributed by atoms with E-state index in [1.54, 1.807) is 0 Å². The average molecular weight is 168 g/mol. The molecule has 0 aromatic heterocycles. The molecule has 0 N–H and O–H groups in total. The molecule has 18 valence electrons. The molecule has 0 aliphatic heterocycles. The van der Waals surface area contributed by atoms with Gasteiger partial charge in [-0.3, -0.25) is 0 Å². The summed E-state index contributed by atoms with van der Waals surface area (Å²) in [5, 5.41) is 0. The fraction of sp³-hybridized carbons (Fsp3) is 1.00. The van der Waals surface area contributed by atoms with Gasteiger partial charge < -0.3 is 0 Å². The Morgan fingerprint density at radius 2 is 1.25 bits per heavy atom. The van der Waals surface area contributed by atoms with E-state index < -0.39 is 0 Å². The Kier molecular flexibility index (Phi) is 5.63. The van der Waals surface area contributed by atoms with E-state index in [0.717, 1.165) is 0 Å². The van der Waals surface area contributed by atoms with Crippen LogP contribution in [0, 0.1) is 0 Å². The number of hydrogen-bond donors (Lipinski definition) is 0. The minimum atomic E-state index is 1.41. The molecule has 0 aromatic carbocycles. The standard InChI is InChI=1S/C2H4.2Ga/c1-2;;/h1-2H2;;. The van der Waals surface area contributed by atoms with Crippen LogP contribution in [0.1, 0.15) is 0 Å². The number of rotatable bonds is 1. The molecule has 0 nitrogen and oxygen atoms in total. The van der Waals surface area contributed by atoms with Crippen molar-refractivity contribution in [2.45, 2.75) is 9.95 Å². The van der Waals surface area contributed by atoms with E-state index in [1.165, 1.54) is 9.95 Å². The van der Waals surface area contributed by atoms with Crippen molar-refractivity contribution in [3.8, 4) is 0 Å². The second-order valence-corrected chi connectivity index (χ2v) is 3.00. The van der Waals surface area contributed by atoms with Crippen molar-refractivity contribution in [1.29, 1.82) is 0 Å². The second kappa shape index (κ2) is 4.27. The van der Waals surface area contributed by atoms with Gasteiger partial charge in [0.25, 0.3) is 0 Å². The van der Waals surface area contributed by atoms with Crippen molar-refractivity contribution in [3.05, 3.63) is 0 Å². The van der Waals surface area contributed by atoms with E-state index in [4.69, 9.17) is 0 Å². The van der Waals surface area contributed by atoms with E-state index >= 15 is 0 Å². The quantitative estimate of drug-likeness (QED) is 0.488. The van der Waals surface area contributed by atoms with Crippen molar-refractivity contribution < 1.29 is 0 Å². The van der Waals surface area contributed by atoms with Gasteiger partial charge in [0.2, 0.25) is 0 Å². The summed E-state index contributed by atoms with van der Waals surface area (Å²) in [6, 6.07) is 0. The number of hydrogen-bond acceptors (Lipinski definition) is 0. The van der Waals surface area contributed by atoms with Crippen LogP contribution < -0.4 is 0 Å². The van der Waals surface area contributed by atoms with E-state index in [1.807, 2.05) is 37.2 Å². The molecular formula is C2H4Ga2. The molecular weight excluding hydrogens is 163 g/mol. The van der Waals surface area contributed by atoms with E-state index in [2.05, 4.69) is 0 Å². The topological polar surface area (TPSA) is 0 Å². The third-order valence-corrected chi connectivity index (χ3v) is 4.50. The summed E-state index contributed by atoms with van der Waals surface area (Å²) in [7, 11) is 0. The molecule has 0 aliphatic rings. The van der Waals surface area contributed by atoms with Gasteiger partial charge in [-0.15, -0.1) is 0 Å². The fourth-order valence-corrected chi connectivity index (χ4v) is 0. The Bertz CT molecular complexity index is 6.00. The van der Waals surface area contributed by atoms with Crippen LogP contribution >= 0.6 is 0 Å². The van der Waals surface area contributed by atoms with E-state index in [0.29, 0.717) is 0 Å². The van der Waals surface area contributed by atoms with Gasteiger partial charge in [0.1, 0.15) is 0 Å². The molecule has 0 aliphatic carbocycles. The van der Waals surface area contributed by atoms with Crippen molar-refractivity contribution in [1.82, 2.24) is 0 Å². The molecule has 4 heavy (non-hydrogen) atoms. The van der Waals surface area contributed by atoms with Crippen molar-refractivity contribution in [3.63, 3.8) is 0 Å². The molecule has 0 rings (SSSR count). The molecule has 0 saturated carbocycles. The third kappa shape index (κ3) is 3.27. The normalized spacial score (nSPS) is 7.00. The maximum atomic E-state index is 1.84. The first-order chi connectivity index (χ1) is 1.91. The van der Waals surface area contributed by atoms with Gasteiger partial charge in [-0.05, 0) is 0 Å². The van der Waals surface area contributed by atoms with Gasteiger partial charge in [-0.1, -0.05) is 0 Å². The predicted molar refractivity (Wildman–Crippen MR) is 21.1 cm³/mol. The van der Waals surface area contributed by atoms with Crippen LogP contribution in [0.25, 0.3) is 0 Å². The van der Waals surface area contributed by atoms with Crippen molar-refractivity contribution in [2.75, 3.05) is 0 Å². The van der Waals surface area contributed by atoms with Crippen LogP contribution in [0.2, 0.25) is 9.95 Å². The van der Waals surface area contributed by atoms with E-state index in [9.17, 15) is 0 Å². The Hall–Kier alpha value is 1.27. The maximum absolute atomic E-state index is 1.84. The molecule has 2 heteroatoms. The van der Waals surface area contributed by atoms with Gasteiger partial charge in [0.15, 0.2) is 0 Å². The summed E-state index contributed by atoms with van der Waals surface area (Å²) < 4.78 is 0. The fourth-order valence-electron chi connectivity index (χ4n) is 0. The first-order valence-electron chi connectivity index (χ1n) is 1.32. The second-order valence-electron chi connectivity index (χ2n) is 0.577. The Balaban J connectivity index is 1.97. The van der Waals surface area contributed by atoms with E-state index in [-0.39, 0.29) is 0 Å². The van der Waals surface area contributed by atoms with Gasteiger partial charge >= 0.3 is 47.1 Å². The molecule has 0 atom stereocenters. The molecule has 0 spiro atoms. The zero-order chi connectivity index (χ0) is 3.41. The summed E-state index contributed by atoms with van der Waals surface area (Å²) >= 11 is 3.68. The average Bonchev–Trinajstić information content (AvgIpc) is 1.37. The predicted octanol–water partition coefficient (Wildman–Crippen LogP) is 0.160. The molecule has 4 radical (unpaired) electrons. The molecule has 0 heterocycles. The zero-order valence-electron chi connectivity index (χ0n) is 2.57. The Morgan fingerprint density at radius 1 is 1.00 bits per heavy atom. The zero-order valence-corrected chi connectivity index (χ0v) is 7.41. The SMILES string of the molecule is [Ga][CH2][CH2][Ga]. The van der Waals surface area contributed by atoms with Crippen LogP contribution in [-0.2, 0) is 0 Å². The minimum absolute atomic E-state index is 1.41. The molecule has 0 aromatic rings. The molecule has 0 bridgehead atoms. The molecule has 0 amide bonds. The monoisotopic (exact) mass is 166 g/mol. The summed E-state index contributed by atoms with van der Waals surface area (Å²) in [6.45, 7) is 0. The summed E-state index contributed by atoms with van der Waals surface area (Å²) in [5.74, 6) is 0. The van der Waals surface area contributed by atoms with Gasteiger partial charge in [0.05, 0.1) is 0 Å². The third-order valence-electron chi connectivity index (χ3n) is 0.167. The van der Waals surface area contributed by atoms with Crippen LogP contribution in [0.15, 0.2) is 0 Å². The summed E-state index contributed by atoms with van der Waals surface area (Å²) in [4.78, 5) is 2.82. The van der Waals surface area contributed by atoms with Crippen LogP contribution in [0.4, 0.5) is 0 Å². The van der Waals surface area contributed by atoms with Crippen molar-refractivity contribution >= 4 is 37.2 Å². The van der Waals surface area contributed by atoms with Crippen molar-refractivity contribution in [2.24, 2.45) is 0 Å². The molecule has 0 unspecified atom stereocenters.